The Morgan fingerprint density at radius 2 is 2.08 bits per heavy atom. The van der Waals surface area contributed by atoms with Crippen molar-refractivity contribution in [2.75, 3.05) is 18.4 Å². The van der Waals surface area contributed by atoms with Crippen LogP contribution in [0.15, 0.2) is 36.9 Å². The largest absolute Gasteiger partial charge is 0.406 e. The first-order chi connectivity index (χ1) is 11.7. The first-order valence-electron chi connectivity index (χ1n) is 7.39. The molecule has 1 aromatic carbocycles. The highest BCUT2D eigenvalue weighted by atomic mass is 19.4. The Bertz CT molecular complexity index is 703. The van der Waals surface area contributed by atoms with Gasteiger partial charge in [-0.15, -0.1) is 0 Å². The Balaban J connectivity index is 2.00. The van der Waals surface area contributed by atoms with Crippen LogP contribution in [0.4, 0.5) is 18.9 Å². The number of amides is 3. The lowest BCUT2D eigenvalue weighted by molar-refractivity contribution is -0.157. The summed E-state index contributed by atoms with van der Waals surface area (Å²) in [6.45, 7) is 1.91. The van der Waals surface area contributed by atoms with Crippen molar-refractivity contribution in [3.05, 3.63) is 42.5 Å². The molecule has 0 aliphatic carbocycles. The van der Waals surface area contributed by atoms with Crippen LogP contribution >= 0.6 is 0 Å². The van der Waals surface area contributed by atoms with Crippen molar-refractivity contribution in [2.24, 2.45) is 0 Å². The van der Waals surface area contributed by atoms with Crippen molar-refractivity contribution in [1.82, 2.24) is 10.2 Å². The SMILES string of the molecule is C=CC(=O)Nc1cccc(C(=O)NC2CCN(CC(F)(F)F)C2=O)c1. The van der Waals surface area contributed by atoms with E-state index in [4.69, 9.17) is 0 Å². The average Bonchev–Trinajstić information content (AvgIpc) is 2.86. The molecule has 0 spiro atoms. The molecule has 1 unspecified atom stereocenters. The number of benzene rings is 1. The number of halogens is 3. The van der Waals surface area contributed by atoms with Gasteiger partial charge < -0.3 is 15.5 Å². The van der Waals surface area contributed by atoms with Crippen molar-refractivity contribution in [3.8, 4) is 0 Å². The minimum Gasteiger partial charge on any atom is -0.340 e. The van der Waals surface area contributed by atoms with Gasteiger partial charge in [0.15, 0.2) is 0 Å². The van der Waals surface area contributed by atoms with Gasteiger partial charge in [0, 0.05) is 17.8 Å². The number of rotatable bonds is 5. The lowest BCUT2D eigenvalue weighted by Crippen LogP contribution is -2.43. The van der Waals surface area contributed by atoms with Gasteiger partial charge in [-0.3, -0.25) is 14.4 Å². The predicted molar refractivity (Wildman–Crippen MR) is 83.8 cm³/mol. The van der Waals surface area contributed by atoms with Crippen molar-refractivity contribution in [2.45, 2.75) is 18.6 Å². The summed E-state index contributed by atoms with van der Waals surface area (Å²) in [4.78, 5) is 36.1. The molecule has 1 saturated heterocycles. The fraction of sp³-hybridized carbons (Fsp3) is 0.312. The molecule has 2 rings (SSSR count). The molecule has 0 radical (unpaired) electrons. The van der Waals surface area contributed by atoms with Crippen molar-refractivity contribution in [1.29, 1.82) is 0 Å². The number of nitrogens with zero attached hydrogens (tertiary/aromatic N) is 1. The number of likely N-dealkylation sites (tertiary alicyclic amines) is 1. The van der Waals surface area contributed by atoms with Crippen molar-refractivity contribution < 1.29 is 27.6 Å². The second kappa shape index (κ2) is 7.37. The number of carbonyl (C=O) groups is 3. The molecule has 134 valence electrons. The lowest BCUT2D eigenvalue weighted by atomic mass is 10.1. The maximum absolute atomic E-state index is 12.4. The van der Waals surface area contributed by atoms with Crippen LogP contribution in [0, 0.1) is 0 Å². The molecule has 1 aromatic rings. The van der Waals surface area contributed by atoms with E-state index in [9.17, 15) is 27.6 Å². The van der Waals surface area contributed by atoms with Gasteiger partial charge in [0.1, 0.15) is 12.6 Å². The van der Waals surface area contributed by atoms with Gasteiger partial charge in [-0.25, -0.2) is 0 Å². The molecule has 6 nitrogen and oxygen atoms in total. The molecule has 1 fully saturated rings. The summed E-state index contributed by atoms with van der Waals surface area (Å²) in [5.41, 5.74) is 0.526. The lowest BCUT2D eigenvalue weighted by Gasteiger charge is -2.18. The van der Waals surface area contributed by atoms with Gasteiger partial charge in [0.2, 0.25) is 11.8 Å². The zero-order chi connectivity index (χ0) is 18.6. The number of alkyl halides is 3. The summed E-state index contributed by atoms with van der Waals surface area (Å²) >= 11 is 0. The van der Waals surface area contributed by atoms with E-state index < -0.39 is 36.5 Å². The van der Waals surface area contributed by atoms with Crippen LogP contribution < -0.4 is 10.6 Å². The van der Waals surface area contributed by atoms with E-state index in [1.807, 2.05) is 0 Å². The molecule has 0 aromatic heterocycles. The van der Waals surface area contributed by atoms with Gasteiger partial charge >= 0.3 is 6.18 Å². The van der Waals surface area contributed by atoms with E-state index in [0.717, 1.165) is 6.08 Å². The van der Waals surface area contributed by atoms with Gasteiger partial charge in [-0.05, 0) is 30.7 Å². The Morgan fingerprint density at radius 1 is 1.36 bits per heavy atom. The number of anilines is 1. The zero-order valence-electron chi connectivity index (χ0n) is 13.1. The Morgan fingerprint density at radius 3 is 2.72 bits per heavy atom. The number of nitrogens with one attached hydrogen (secondary N) is 2. The second-order valence-electron chi connectivity index (χ2n) is 5.46. The Hall–Kier alpha value is -2.84. The second-order valence-corrected chi connectivity index (χ2v) is 5.46. The van der Waals surface area contributed by atoms with Crippen LogP contribution in [0.25, 0.3) is 0 Å². The Labute approximate surface area is 141 Å². The summed E-state index contributed by atoms with van der Waals surface area (Å²) < 4.78 is 37.2. The zero-order valence-corrected chi connectivity index (χ0v) is 13.1. The highest BCUT2D eigenvalue weighted by molar-refractivity contribution is 6.01. The number of hydrogen-bond donors (Lipinski definition) is 2. The predicted octanol–water partition coefficient (Wildman–Crippen LogP) is 1.70. The molecule has 1 heterocycles. The first-order valence-corrected chi connectivity index (χ1v) is 7.39. The third kappa shape index (κ3) is 5.07. The summed E-state index contributed by atoms with van der Waals surface area (Å²) in [6.07, 6.45) is -3.31. The summed E-state index contributed by atoms with van der Waals surface area (Å²) in [7, 11) is 0. The van der Waals surface area contributed by atoms with E-state index in [1.54, 1.807) is 6.07 Å². The number of carbonyl (C=O) groups excluding carboxylic acids is 3. The van der Waals surface area contributed by atoms with E-state index in [1.165, 1.54) is 18.2 Å². The normalized spacial score (nSPS) is 17.3. The van der Waals surface area contributed by atoms with Crippen LogP contribution in [0.3, 0.4) is 0 Å². The van der Waals surface area contributed by atoms with E-state index in [-0.39, 0.29) is 18.5 Å². The van der Waals surface area contributed by atoms with Crippen LogP contribution in [0.5, 0.6) is 0 Å². The monoisotopic (exact) mass is 355 g/mol. The van der Waals surface area contributed by atoms with Gasteiger partial charge in [0.05, 0.1) is 0 Å². The standard InChI is InChI=1S/C16H16F3N3O3/c1-2-13(23)20-11-5-3-4-10(8-11)14(24)21-12-6-7-22(15(12)25)9-16(17,18)19/h2-5,8,12H,1,6-7,9H2,(H,20,23)(H,21,24). The van der Waals surface area contributed by atoms with Crippen LogP contribution in [0.1, 0.15) is 16.8 Å². The first kappa shape index (κ1) is 18.5. The summed E-state index contributed by atoms with van der Waals surface area (Å²) in [5.74, 6) is -1.82. The van der Waals surface area contributed by atoms with Crippen molar-refractivity contribution >= 4 is 23.4 Å². The smallest absolute Gasteiger partial charge is 0.340 e. The molecule has 1 aliphatic heterocycles. The van der Waals surface area contributed by atoms with E-state index in [0.29, 0.717) is 10.6 Å². The van der Waals surface area contributed by atoms with E-state index in [2.05, 4.69) is 17.2 Å². The molecule has 9 heteroatoms. The summed E-state index contributed by atoms with van der Waals surface area (Å²) in [6, 6.07) is 4.95. The van der Waals surface area contributed by atoms with Crippen LogP contribution in [-0.2, 0) is 9.59 Å². The summed E-state index contributed by atoms with van der Waals surface area (Å²) in [5, 5.41) is 4.91. The number of hydrogen-bond acceptors (Lipinski definition) is 3. The fourth-order valence-corrected chi connectivity index (χ4v) is 2.42. The molecule has 0 saturated carbocycles. The van der Waals surface area contributed by atoms with Crippen LogP contribution in [0.2, 0.25) is 0 Å². The van der Waals surface area contributed by atoms with Crippen LogP contribution in [-0.4, -0.2) is 47.9 Å². The quantitative estimate of drug-likeness (QED) is 0.790. The maximum Gasteiger partial charge on any atom is 0.406 e. The molecule has 0 bridgehead atoms. The topological polar surface area (TPSA) is 78.5 Å². The van der Waals surface area contributed by atoms with Crippen molar-refractivity contribution in [3.63, 3.8) is 0 Å². The maximum atomic E-state index is 12.4. The fourth-order valence-electron chi connectivity index (χ4n) is 2.42. The highest BCUT2D eigenvalue weighted by Crippen LogP contribution is 2.21. The molecular weight excluding hydrogens is 339 g/mol. The third-order valence-electron chi connectivity index (χ3n) is 3.55. The minimum absolute atomic E-state index is 0.0707. The third-order valence-corrected chi connectivity index (χ3v) is 3.55. The molecule has 2 N–H and O–H groups in total. The minimum atomic E-state index is -4.48. The molecule has 25 heavy (non-hydrogen) atoms. The Kier molecular flexibility index (Phi) is 5.45. The molecular formula is C16H16F3N3O3. The van der Waals surface area contributed by atoms with Gasteiger partial charge in [0.25, 0.3) is 5.91 Å². The van der Waals surface area contributed by atoms with E-state index >= 15 is 0 Å². The highest BCUT2D eigenvalue weighted by Gasteiger charge is 2.39. The average molecular weight is 355 g/mol. The molecule has 1 atom stereocenters. The molecule has 1 aliphatic rings. The molecule has 3 amide bonds. The van der Waals surface area contributed by atoms with Gasteiger partial charge in [-0.2, -0.15) is 13.2 Å². The van der Waals surface area contributed by atoms with Gasteiger partial charge in [-0.1, -0.05) is 12.6 Å².